The van der Waals surface area contributed by atoms with Gasteiger partial charge in [0.05, 0.1) is 17.5 Å². The number of ketones is 2. The molecule has 0 aliphatic heterocycles. The summed E-state index contributed by atoms with van der Waals surface area (Å²) >= 11 is 6.22. The molecule has 3 amide bonds. The summed E-state index contributed by atoms with van der Waals surface area (Å²) in [5, 5.41) is 17.4. The summed E-state index contributed by atoms with van der Waals surface area (Å²) in [5.41, 5.74) is 16.2. The summed E-state index contributed by atoms with van der Waals surface area (Å²) in [6.45, 7) is 6.88. The summed E-state index contributed by atoms with van der Waals surface area (Å²) in [6.07, 6.45) is 7.65. The van der Waals surface area contributed by atoms with E-state index in [0.29, 0.717) is 21.5 Å². The molecule has 13 heteroatoms. The number of pyridine rings is 1. The van der Waals surface area contributed by atoms with Crippen molar-refractivity contribution < 1.29 is 29.1 Å². The number of allylic oxidation sites excluding steroid dienone is 2. The van der Waals surface area contributed by atoms with Gasteiger partial charge in [-0.25, -0.2) is 0 Å². The molecule has 0 spiro atoms. The van der Waals surface area contributed by atoms with Gasteiger partial charge in [0.25, 0.3) is 0 Å². The molecule has 1 aliphatic carbocycles. The molecule has 4 atom stereocenters. The van der Waals surface area contributed by atoms with E-state index < -0.39 is 64.2 Å². The number of hydrogen-bond acceptors (Lipinski definition) is 8. The topological polar surface area (TPSA) is 210 Å². The second-order valence-corrected chi connectivity index (χ2v) is 17.9. The van der Waals surface area contributed by atoms with E-state index in [0.717, 1.165) is 34.2 Å². The fourth-order valence-electron chi connectivity index (χ4n) is 7.74. The SMILES string of the molecule is CC(C)(N)C(C)(C)C(=O)N[C@@H](Cc1c[nH]c2ccc(O)cc12)C(=O)C[C@@H](Cc1ccc(Cl)cc1)C(=O)N[C@@H](Cc1cccnc1)C(=O)C[C@H](CC1=CCc2ccccc21)C(N)=O. The van der Waals surface area contributed by atoms with Gasteiger partial charge in [-0.1, -0.05) is 60.1 Å². The van der Waals surface area contributed by atoms with Gasteiger partial charge < -0.3 is 32.2 Å². The van der Waals surface area contributed by atoms with Crippen molar-refractivity contribution in [2.24, 2.45) is 28.7 Å². The zero-order valence-corrected chi connectivity index (χ0v) is 36.3. The number of benzene rings is 3. The van der Waals surface area contributed by atoms with Crippen molar-refractivity contribution in [2.75, 3.05) is 0 Å². The summed E-state index contributed by atoms with van der Waals surface area (Å²) in [4.78, 5) is 77.9. The number of nitrogens with one attached hydrogen (secondary N) is 3. The molecule has 0 bridgehead atoms. The minimum Gasteiger partial charge on any atom is -0.508 e. The van der Waals surface area contributed by atoms with Gasteiger partial charge in [0, 0.05) is 77.6 Å². The quantitative estimate of drug-likeness (QED) is 0.0518. The van der Waals surface area contributed by atoms with Crippen molar-refractivity contribution in [2.45, 2.75) is 90.3 Å². The third-order valence-corrected chi connectivity index (χ3v) is 12.6. The Balaban J connectivity index is 1.29. The minimum absolute atomic E-state index is 0.0365. The fraction of sp³-hybridized carbons (Fsp3) is 0.347. The number of halogens is 1. The summed E-state index contributed by atoms with van der Waals surface area (Å²) in [7, 11) is 0. The second-order valence-electron chi connectivity index (χ2n) is 17.5. The molecule has 324 valence electrons. The molecule has 3 aromatic carbocycles. The summed E-state index contributed by atoms with van der Waals surface area (Å²) in [6, 6.07) is 21.0. The molecule has 6 rings (SSSR count). The number of fused-ring (bicyclic) bond motifs is 2. The monoisotopic (exact) mass is 858 g/mol. The number of aromatic hydroxyl groups is 1. The van der Waals surface area contributed by atoms with Crippen LogP contribution in [0.5, 0.6) is 5.75 Å². The highest BCUT2D eigenvalue weighted by atomic mass is 35.5. The number of aromatic nitrogens is 2. The lowest BCUT2D eigenvalue weighted by Crippen LogP contribution is -2.58. The Hall–Kier alpha value is -6.11. The zero-order valence-electron chi connectivity index (χ0n) is 35.5. The lowest BCUT2D eigenvalue weighted by Gasteiger charge is -2.38. The van der Waals surface area contributed by atoms with Crippen molar-refractivity contribution in [1.29, 1.82) is 0 Å². The molecule has 0 fully saturated rings. The number of rotatable bonds is 20. The van der Waals surface area contributed by atoms with Crippen molar-refractivity contribution in [3.05, 3.63) is 136 Å². The van der Waals surface area contributed by atoms with Crippen LogP contribution in [-0.2, 0) is 49.7 Å². The molecule has 0 unspecified atom stereocenters. The Morgan fingerprint density at radius 1 is 0.823 bits per heavy atom. The highest BCUT2D eigenvalue weighted by Crippen LogP contribution is 2.34. The minimum atomic E-state index is -1.11. The van der Waals surface area contributed by atoms with Crippen LogP contribution < -0.4 is 22.1 Å². The van der Waals surface area contributed by atoms with Crippen LogP contribution in [0.2, 0.25) is 5.02 Å². The van der Waals surface area contributed by atoms with Crippen molar-refractivity contribution in [3.63, 3.8) is 0 Å². The van der Waals surface area contributed by atoms with Gasteiger partial charge in [-0.15, -0.1) is 0 Å². The van der Waals surface area contributed by atoms with Crippen LogP contribution in [0.3, 0.4) is 0 Å². The summed E-state index contributed by atoms with van der Waals surface area (Å²) in [5.74, 6) is -4.27. The standard InChI is InChI=1S/C49H55ClN6O6/c1-48(2,49(3,4)52)47(62)56-42(23-35-28-54-40-18-17-37(57)26-39(35)40)44(59)25-34(20-29-11-15-36(50)16-12-29)46(61)55-41(21-30-8-7-19-53-27-30)43(58)24-33(45(51)60)22-32-14-13-31-9-5-6-10-38(31)32/h5-12,14-19,26-28,33-34,41-42,54,57H,13,20-25,52H2,1-4H3,(H2,51,60)(H,55,61)(H,56,62)/t33-,34+,41-,42-/m0/s1. The average molecular weight is 859 g/mol. The first-order valence-corrected chi connectivity index (χ1v) is 21.2. The van der Waals surface area contributed by atoms with Crippen LogP contribution in [0.4, 0.5) is 0 Å². The van der Waals surface area contributed by atoms with Gasteiger partial charge in [-0.05, 0) is 117 Å². The lowest BCUT2D eigenvalue weighted by atomic mass is 9.74. The number of nitrogens with zero attached hydrogens (tertiary/aromatic N) is 1. The van der Waals surface area contributed by atoms with Crippen LogP contribution in [0, 0.1) is 17.3 Å². The van der Waals surface area contributed by atoms with Gasteiger partial charge in [0.2, 0.25) is 17.7 Å². The highest BCUT2D eigenvalue weighted by molar-refractivity contribution is 6.30. The number of primary amides is 1. The van der Waals surface area contributed by atoms with Crippen molar-refractivity contribution in [3.8, 4) is 5.75 Å². The van der Waals surface area contributed by atoms with Gasteiger partial charge in [-0.3, -0.25) is 29.0 Å². The average Bonchev–Trinajstić information content (AvgIpc) is 3.83. The normalized spacial score (nSPS) is 14.6. The Morgan fingerprint density at radius 3 is 2.19 bits per heavy atom. The molecule has 1 aliphatic rings. The highest BCUT2D eigenvalue weighted by Gasteiger charge is 2.42. The van der Waals surface area contributed by atoms with Crippen molar-refractivity contribution >= 4 is 57.4 Å². The molecule has 0 saturated heterocycles. The number of aromatic amines is 1. The molecule has 2 heterocycles. The molecular formula is C49H55ClN6O6. The van der Waals surface area contributed by atoms with E-state index in [4.69, 9.17) is 23.1 Å². The van der Waals surface area contributed by atoms with Gasteiger partial charge >= 0.3 is 0 Å². The smallest absolute Gasteiger partial charge is 0.228 e. The Labute approximate surface area is 366 Å². The largest absolute Gasteiger partial charge is 0.508 e. The first kappa shape index (κ1) is 45.4. The maximum atomic E-state index is 14.7. The molecule has 8 N–H and O–H groups in total. The van der Waals surface area contributed by atoms with Crippen LogP contribution in [-0.4, -0.2) is 62.0 Å². The molecule has 0 radical (unpaired) electrons. The fourth-order valence-corrected chi connectivity index (χ4v) is 7.87. The van der Waals surface area contributed by atoms with E-state index >= 15 is 0 Å². The van der Waals surface area contributed by atoms with Gasteiger partial charge in [-0.2, -0.15) is 0 Å². The number of Topliss-reactive ketones (excluding diaryl/α,β-unsaturated/α-hetero) is 2. The number of nitrogens with two attached hydrogens (primary N) is 2. The van der Waals surface area contributed by atoms with E-state index in [-0.39, 0.29) is 44.3 Å². The van der Waals surface area contributed by atoms with Crippen LogP contribution in [0.15, 0.2) is 104 Å². The first-order chi connectivity index (χ1) is 29.4. The number of carbonyl (C=O) groups excluding carboxylic acids is 5. The van der Waals surface area contributed by atoms with E-state index in [2.05, 4.69) is 20.6 Å². The number of amides is 3. The van der Waals surface area contributed by atoms with Gasteiger partial charge in [0.15, 0.2) is 11.6 Å². The number of carbonyl (C=O) groups is 5. The van der Waals surface area contributed by atoms with Gasteiger partial charge in [0.1, 0.15) is 5.75 Å². The van der Waals surface area contributed by atoms with Crippen LogP contribution in [0.1, 0.15) is 74.8 Å². The molecular weight excluding hydrogens is 804 g/mol. The second kappa shape index (κ2) is 19.3. The number of H-pyrrole nitrogens is 1. The maximum absolute atomic E-state index is 14.7. The van der Waals surface area contributed by atoms with Crippen molar-refractivity contribution in [1.82, 2.24) is 20.6 Å². The zero-order chi connectivity index (χ0) is 44.8. The van der Waals surface area contributed by atoms with Crippen LogP contribution in [0.25, 0.3) is 16.5 Å². The maximum Gasteiger partial charge on any atom is 0.228 e. The summed E-state index contributed by atoms with van der Waals surface area (Å²) < 4.78 is 0. The molecule has 2 aromatic heterocycles. The Bertz CT molecular complexity index is 2470. The van der Waals surface area contributed by atoms with Crippen LogP contribution >= 0.6 is 11.6 Å². The number of hydrogen-bond donors (Lipinski definition) is 6. The molecule has 0 saturated carbocycles. The first-order valence-electron chi connectivity index (χ1n) is 20.8. The Morgan fingerprint density at radius 2 is 1.52 bits per heavy atom. The number of phenols is 1. The number of phenolic OH excluding ortho intramolecular Hbond substituents is 1. The molecule has 5 aromatic rings. The molecule has 62 heavy (non-hydrogen) atoms. The van der Waals surface area contributed by atoms with E-state index in [9.17, 15) is 29.1 Å². The predicted molar refractivity (Wildman–Crippen MR) is 241 cm³/mol. The predicted octanol–water partition coefficient (Wildman–Crippen LogP) is 6.35. The molecule has 12 nitrogen and oxygen atoms in total. The third kappa shape index (κ3) is 11.0. The van der Waals surface area contributed by atoms with E-state index in [1.165, 1.54) is 0 Å². The lowest BCUT2D eigenvalue weighted by molar-refractivity contribution is -0.137. The van der Waals surface area contributed by atoms with E-state index in [1.807, 2.05) is 30.3 Å². The Kier molecular flexibility index (Phi) is 14.1. The third-order valence-electron chi connectivity index (χ3n) is 12.4. The van der Waals surface area contributed by atoms with E-state index in [1.54, 1.807) is 101 Å².